The summed E-state index contributed by atoms with van der Waals surface area (Å²) in [6.07, 6.45) is 63.7. The van der Waals surface area contributed by atoms with Gasteiger partial charge in [-0.2, -0.15) is 0 Å². The van der Waals surface area contributed by atoms with Gasteiger partial charge in [-0.3, -0.25) is 9.59 Å². The van der Waals surface area contributed by atoms with Gasteiger partial charge in [0.2, 0.25) is 5.91 Å². The van der Waals surface area contributed by atoms with Crippen molar-refractivity contribution in [1.82, 2.24) is 5.32 Å². The second kappa shape index (κ2) is 50.2. The number of nitrogens with one attached hydrogen (secondary N) is 1. The SMILES string of the molecule is CCCCC/C=C\C/C=C\CCCCCCCC(=O)OCCCCC/C=C\C=C/CCCCCCCCCCCCC(=O)NC(CO)C(O)/C=C/CCCCCCCCCC. The number of allylic oxidation sites excluding steroid dienone is 9. The summed E-state index contributed by atoms with van der Waals surface area (Å²) >= 11 is 0. The maximum absolute atomic E-state index is 12.4. The predicted molar refractivity (Wildman–Crippen MR) is 264 cm³/mol. The number of hydrogen-bond donors (Lipinski definition) is 3. The molecule has 0 aromatic carbocycles. The maximum atomic E-state index is 12.4. The molecule has 0 aromatic rings. The van der Waals surface area contributed by atoms with Crippen LogP contribution in [0.3, 0.4) is 0 Å². The normalized spacial score (nSPS) is 13.2. The zero-order chi connectivity index (χ0) is 44.4. The van der Waals surface area contributed by atoms with Crippen LogP contribution in [-0.4, -0.2) is 47.4 Å². The van der Waals surface area contributed by atoms with Gasteiger partial charge in [-0.05, 0) is 96.3 Å². The van der Waals surface area contributed by atoms with Gasteiger partial charge >= 0.3 is 5.97 Å². The fraction of sp³-hybridized carbons (Fsp3) is 0.782. The Morgan fingerprint density at radius 1 is 0.475 bits per heavy atom. The Bertz CT molecular complexity index is 1080. The first-order valence-electron chi connectivity index (χ1n) is 26.1. The van der Waals surface area contributed by atoms with Crippen molar-refractivity contribution in [2.75, 3.05) is 13.2 Å². The molecule has 0 heterocycles. The van der Waals surface area contributed by atoms with Gasteiger partial charge in [-0.15, -0.1) is 0 Å². The van der Waals surface area contributed by atoms with Crippen molar-refractivity contribution in [2.45, 2.75) is 264 Å². The summed E-state index contributed by atoms with van der Waals surface area (Å²) in [6.45, 7) is 4.79. The lowest BCUT2D eigenvalue weighted by Gasteiger charge is -2.20. The molecular weight excluding hydrogens is 755 g/mol. The average molecular weight is 854 g/mol. The van der Waals surface area contributed by atoms with Crippen molar-refractivity contribution < 1.29 is 24.5 Å². The first-order valence-corrected chi connectivity index (χ1v) is 26.1. The molecule has 3 N–H and O–H groups in total. The van der Waals surface area contributed by atoms with E-state index < -0.39 is 12.1 Å². The van der Waals surface area contributed by atoms with Crippen molar-refractivity contribution in [3.05, 3.63) is 60.8 Å². The quantitative estimate of drug-likeness (QED) is 0.0245. The van der Waals surface area contributed by atoms with Gasteiger partial charge in [0.25, 0.3) is 0 Å². The van der Waals surface area contributed by atoms with Crippen LogP contribution in [0, 0.1) is 0 Å². The molecule has 2 atom stereocenters. The Balaban J connectivity index is 3.51. The maximum Gasteiger partial charge on any atom is 0.305 e. The van der Waals surface area contributed by atoms with Gasteiger partial charge < -0.3 is 20.3 Å². The van der Waals surface area contributed by atoms with E-state index in [9.17, 15) is 19.8 Å². The van der Waals surface area contributed by atoms with E-state index in [1.54, 1.807) is 6.08 Å². The molecule has 0 aromatic heterocycles. The molecule has 0 aliphatic heterocycles. The molecule has 6 heteroatoms. The number of esters is 1. The van der Waals surface area contributed by atoms with Crippen LogP contribution in [0.1, 0.15) is 251 Å². The summed E-state index contributed by atoms with van der Waals surface area (Å²) in [5.74, 6) is -0.112. The fourth-order valence-corrected chi connectivity index (χ4v) is 7.48. The lowest BCUT2D eigenvalue weighted by molar-refractivity contribution is -0.143. The first kappa shape index (κ1) is 58.6. The standard InChI is InChI=1S/C55H99NO5/c1-3-5-7-9-11-13-15-16-22-26-29-33-37-41-45-49-55(60)61-50-46-42-38-34-30-27-24-21-19-17-18-20-23-25-28-32-36-40-44-48-54(59)56-52(51-57)53(58)47-43-39-35-31-14-12-10-8-6-4-2/h11,13,16,21-22,24,27,30,43,47,52-53,57-58H,3-10,12,14-15,17-20,23,25-26,28-29,31-42,44-46,48-51H2,1-2H3,(H,56,59)/b13-11-,22-16-,24-21-,30-27-,47-43+. The molecular formula is C55H99NO5. The average Bonchev–Trinajstić information content (AvgIpc) is 3.26. The number of aliphatic hydroxyl groups excluding tert-OH is 2. The van der Waals surface area contributed by atoms with Crippen LogP contribution in [0.25, 0.3) is 0 Å². The second-order valence-corrected chi connectivity index (χ2v) is 17.5. The van der Waals surface area contributed by atoms with Crippen molar-refractivity contribution >= 4 is 11.9 Å². The van der Waals surface area contributed by atoms with Gasteiger partial charge in [-0.25, -0.2) is 0 Å². The van der Waals surface area contributed by atoms with Crippen LogP contribution in [0.2, 0.25) is 0 Å². The monoisotopic (exact) mass is 854 g/mol. The molecule has 354 valence electrons. The summed E-state index contributed by atoms with van der Waals surface area (Å²) in [5.41, 5.74) is 0. The van der Waals surface area contributed by atoms with Gasteiger partial charge in [0.15, 0.2) is 0 Å². The Morgan fingerprint density at radius 2 is 0.869 bits per heavy atom. The third-order valence-electron chi connectivity index (χ3n) is 11.5. The minimum atomic E-state index is -0.851. The van der Waals surface area contributed by atoms with Crippen LogP contribution in [0.15, 0.2) is 60.8 Å². The van der Waals surface area contributed by atoms with E-state index >= 15 is 0 Å². The van der Waals surface area contributed by atoms with E-state index in [0.717, 1.165) is 89.9 Å². The summed E-state index contributed by atoms with van der Waals surface area (Å²) in [7, 11) is 0. The van der Waals surface area contributed by atoms with Gasteiger partial charge in [0, 0.05) is 12.8 Å². The molecule has 0 saturated heterocycles. The van der Waals surface area contributed by atoms with Gasteiger partial charge in [0.1, 0.15) is 0 Å². The van der Waals surface area contributed by atoms with Crippen molar-refractivity contribution in [2.24, 2.45) is 0 Å². The highest BCUT2D eigenvalue weighted by atomic mass is 16.5. The molecule has 0 rings (SSSR count). The highest BCUT2D eigenvalue weighted by Crippen LogP contribution is 2.14. The Morgan fingerprint density at radius 3 is 1.38 bits per heavy atom. The van der Waals surface area contributed by atoms with Crippen LogP contribution in [0.4, 0.5) is 0 Å². The zero-order valence-corrected chi connectivity index (χ0v) is 40.1. The number of aliphatic hydroxyl groups is 2. The minimum absolute atomic E-state index is 0.0295. The summed E-state index contributed by atoms with van der Waals surface area (Å²) in [6, 6.07) is -0.635. The van der Waals surface area contributed by atoms with Crippen LogP contribution < -0.4 is 5.32 Å². The third-order valence-corrected chi connectivity index (χ3v) is 11.5. The number of ether oxygens (including phenoxy) is 1. The molecule has 0 bridgehead atoms. The zero-order valence-electron chi connectivity index (χ0n) is 40.1. The minimum Gasteiger partial charge on any atom is -0.466 e. The fourth-order valence-electron chi connectivity index (χ4n) is 7.48. The Hall–Kier alpha value is -2.44. The second-order valence-electron chi connectivity index (χ2n) is 17.5. The lowest BCUT2D eigenvalue weighted by Crippen LogP contribution is -2.45. The van der Waals surface area contributed by atoms with Gasteiger partial charge in [0.05, 0.1) is 25.4 Å². The highest BCUT2D eigenvalue weighted by Gasteiger charge is 2.18. The number of hydrogen-bond acceptors (Lipinski definition) is 5. The molecule has 0 spiro atoms. The molecule has 61 heavy (non-hydrogen) atoms. The summed E-state index contributed by atoms with van der Waals surface area (Å²) in [5, 5.41) is 22.9. The molecule has 0 saturated carbocycles. The first-order chi connectivity index (χ1) is 30.0. The highest BCUT2D eigenvalue weighted by molar-refractivity contribution is 5.76. The van der Waals surface area contributed by atoms with Crippen LogP contribution >= 0.6 is 0 Å². The smallest absolute Gasteiger partial charge is 0.305 e. The molecule has 0 radical (unpaired) electrons. The predicted octanol–water partition coefficient (Wildman–Crippen LogP) is 15.6. The van der Waals surface area contributed by atoms with Crippen molar-refractivity contribution in [1.29, 1.82) is 0 Å². The third kappa shape index (κ3) is 46.9. The van der Waals surface area contributed by atoms with Crippen LogP contribution in [-0.2, 0) is 14.3 Å². The largest absolute Gasteiger partial charge is 0.466 e. The lowest BCUT2D eigenvalue weighted by atomic mass is 10.0. The number of rotatable bonds is 47. The van der Waals surface area contributed by atoms with E-state index in [-0.39, 0.29) is 18.5 Å². The molecule has 0 aliphatic rings. The van der Waals surface area contributed by atoms with Crippen molar-refractivity contribution in [3.8, 4) is 0 Å². The van der Waals surface area contributed by atoms with Crippen LogP contribution in [0.5, 0.6) is 0 Å². The van der Waals surface area contributed by atoms with Crippen molar-refractivity contribution in [3.63, 3.8) is 0 Å². The molecule has 2 unspecified atom stereocenters. The number of carbonyl (C=O) groups excluding carboxylic acids is 2. The number of amides is 1. The molecule has 6 nitrogen and oxygen atoms in total. The Labute approximate surface area is 378 Å². The van der Waals surface area contributed by atoms with E-state index in [1.165, 1.54) is 135 Å². The van der Waals surface area contributed by atoms with E-state index in [0.29, 0.717) is 19.4 Å². The Kier molecular flexibility index (Phi) is 48.2. The van der Waals surface area contributed by atoms with E-state index in [2.05, 4.69) is 67.8 Å². The van der Waals surface area contributed by atoms with E-state index in [4.69, 9.17) is 4.74 Å². The summed E-state index contributed by atoms with van der Waals surface area (Å²) in [4.78, 5) is 24.4. The van der Waals surface area contributed by atoms with Gasteiger partial charge in [-0.1, -0.05) is 203 Å². The topological polar surface area (TPSA) is 95.9 Å². The van der Waals surface area contributed by atoms with E-state index in [1.807, 2.05) is 6.08 Å². The number of unbranched alkanes of at least 4 members (excludes halogenated alkanes) is 29. The molecule has 1 amide bonds. The summed E-state index contributed by atoms with van der Waals surface area (Å²) < 4.78 is 5.44. The number of carbonyl (C=O) groups is 2. The molecule has 0 aliphatic carbocycles. The molecule has 0 fully saturated rings.